The third-order valence-corrected chi connectivity index (χ3v) is 3.34. The van der Waals surface area contributed by atoms with Gasteiger partial charge < -0.3 is 5.73 Å². The van der Waals surface area contributed by atoms with Crippen LogP contribution in [-0.4, -0.2) is 24.0 Å². The molecule has 2 nitrogen and oxygen atoms in total. The van der Waals surface area contributed by atoms with Gasteiger partial charge in [-0.3, -0.25) is 4.90 Å². The Morgan fingerprint density at radius 3 is 2.47 bits per heavy atom. The predicted octanol–water partition coefficient (Wildman–Crippen LogP) is 3.10. The minimum absolute atomic E-state index is 0. The smallest absolute Gasteiger partial charge is 0.0701 e. The highest BCUT2D eigenvalue weighted by molar-refractivity contribution is 9.11. The van der Waals surface area contributed by atoms with Crippen molar-refractivity contribution in [3.8, 4) is 0 Å². The van der Waals surface area contributed by atoms with E-state index in [1.54, 1.807) is 11.3 Å². The molecule has 0 spiro atoms. The van der Waals surface area contributed by atoms with Crippen LogP contribution in [0.25, 0.3) is 0 Å². The van der Waals surface area contributed by atoms with Gasteiger partial charge in [0.2, 0.25) is 0 Å². The SMILES string of the molecule is CN(Cc1ccc(Br)s1)CC(C)(C)N.Cl. The Labute approximate surface area is 110 Å². The molecule has 0 unspecified atom stereocenters. The first kappa shape index (κ1) is 15.4. The van der Waals surface area contributed by atoms with Gasteiger partial charge in [0.15, 0.2) is 0 Å². The molecular weight excluding hydrogens is 296 g/mol. The van der Waals surface area contributed by atoms with Crippen molar-refractivity contribution in [2.45, 2.75) is 25.9 Å². The summed E-state index contributed by atoms with van der Waals surface area (Å²) < 4.78 is 1.19. The summed E-state index contributed by atoms with van der Waals surface area (Å²) in [4.78, 5) is 3.61. The number of rotatable bonds is 4. The normalized spacial score (nSPS) is 11.6. The summed E-state index contributed by atoms with van der Waals surface area (Å²) in [5.74, 6) is 0. The van der Waals surface area contributed by atoms with E-state index in [1.807, 2.05) is 13.8 Å². The average molecular weight is 314 g/mol. The zero-order valence-corrected chi connectivity index (χ0v) is 12.5. The molecule has 0 amide bonds. The highest BCUT2D eigenvalue weighted by Crippen LogP contribution is 2.23. The number of nitrogens with zero attached hydrogens (tertiary/aromatic N) is 1. The monoisotopic (exact) mass is 312 g/mol. The van der Waals surface area contributed by atoms with Crippen molar-refractivity contribution in [2.24, 2.45) is 5.73 Å². The lowest BCUT2D eigenvalue weighted by Gasteiger charge is -2.25. The maximum Gasteiger partial charge on any atom is 0.0701 e. The molecule has 0 aliphatic heterocycles. The van der Waals surface area contributed by atoms with Crippen molar-refractivity contribution >= 4 is 39.7 Å². The standard InChI is InChI=1S/C10H17BrN2S.ClH/c1-10(2,12)7-13(3)6-8-4-5-9(11)14-8;/h4-5H,6-7,12H2,1-3H3;1H. The van der Waals surface area contributed by atoms with Crippen molar-refractivity contribution in [1.29, 1.82) is 0 Å². The first-order valence-electron chi connectivity index (χ1n) is 4.58. The van der Waals surface area contributed by atoms with Gasteiger partial charge in [-0.1, -0.05) is 0 Å². The van der Waals surface area contributed by atoms with Crippen molar-refractivity contribution < 1.29 is 0 Å². The predicted molar refractivity (Wildman–Crippen MR) is 73.9 cm³/mol. The fourth-order valence-electron chi connectivity index (χ4n) is 1.45. The van der Waals surface area contributed by atoms with Crippen LogP contribution in [0.3, 0.4) is 0 Å². The minimum Gasteiger partial charge on any atom is -0.324 e. The summed E-state index contributed by atoms with van der Waals surface area (Å²) in [5.41, 5.74) is 5.83. The molecule has 0 aliphatic rings. The van der Waals surface area contributed by atoms with Gasteiger partial charge in [-0.25, -0.2) is 0 Å². The van der Waals surface area contributed by atoms with Gasteiger partial charge in [-0.15, -0.1) is 23.7 Å². The zero-order valence-electron chi connectivity index (χ0n) is 9.29. The number of hydrogen-bond donors (Lipinski definition) is 1. The maximum atomic E-state index is 5.95. The first-order valence-corrected chi connectivity index (χ1v) is 6.19. The van der Waals surface area contributed by atoms with E-state index in [9.17, 15) is 0 Å². The highest BCUT2D eigenvalue weighted by atomic mass is 79.9. The topological polar surface area (TPSA) is 29.3 Å². The summed E-state index contributed by atoms with van der Waals surface area (Å²) in [7, 11) is 2.10. The second-order valence-electron chi connectivity index (χ2n) is 4.37. The van der Waals surface area contributed by atoms with E-state index >= 15 is 0 Å². The molecule has 5 heteroatoms. The Balaban J connectivity index is 0.00000196. The van der Waals surface area contributed by atoms with Crippen LogP contribution in [0.5, 0.6) is 0 Å². The molecule has 1 rings (SSSR count). The van der Waals surface area contributed by atoms with Gasteiger partial charge in [-0.2, -0.15) is 0 Å². The van der Waals surface area contributed by atoms with Crippen LogP contribution < -0.4 is 5.73 Å². The van der Waals surface area contributed by atoms with Crippen LogP contribution in [0.4, 0.5) is 0 Å². The molecule has 0 saturated carbocycles. The summed E-state index contributed by atoms with van der Waals surface area (Å²) in [6, 6.07) is 4.23. The van der Waals surface area contributed by atoms with Gasteiger partial charge >= 0.3 is 0 Å². The van der Waals surface area contributed by atoms with E-state index in [4.69, 9.17) is 5.73 Å². The first-order chi connectivity index (χ1) is 6.37. The van der Waals surface area contributed by atoms with E-state index in [-0.39, 0.29) is 17.9 Å². The lowest BCUT2D eigenvalue weighted by molar-refractivity contribution is 0.265. The van der Waals surface area contributed by atoms with Gasteiger partial charge in [0, 0.05) is 23.5 Å². The van der Waals surface area contributed by atoms with Crippen LogP contribution in [0, 0.1) is 0 Å². The maximum absolute atomic E-state index is 5.95. The van der Waals surface area contributed by atoms with Crippen LogP contribution >= 0.6 is 39.7 Å². The van der Waals surface area contributed by atoms with E-state index in [1.165, 1.54) is 8.66 Å². The van der Waals surface area contributed by atoms with Crippen molar-refractivity contribution in [3.63, 3.8) is 0 Å². The lowest BCUT2D eigenvalue weighted by Crippen LogP contribution is -2.43. The van der Waals surface area contributed by atoms with Gasteiger partial charge in [0.25, 0.3) is 0 Å². The fourth-order valence-corrected chi connectivity index (χ4v) is 3.02. The molecule has 0 saturated heterocycles. The molecule has 0 bridgehead atoms. The number of hydrogen-bond acceptors (Lipinski definition) is 3. The Morgan fingerprint density at radius 1 is 1.47 bits per heavy atom. The summed E-state index contributed by atoms with van der Waals surface area (Å²) in [5, 5.41) is 0. The van der Waals surface area contributed by atoms with E-state index in [0.717, 1.165) is 13.1 Å². The molecule has 15 heavy (non-hydrogen) atoms. The van der Waals surface area contributed by atoms with Gasteiger partial charge in [0.1, 0.15) is 0 Å². The number of halogens is 2. The zero-order chi connectivity index (χ0) is 10.8. The molecule has 1 aromatic rings. The van der Waals surface area contributed by atoms with E-state index < -0.39 is 0 Å². The summed E-state index contributed by atoms with van der Waals surface area (Å²) in [6.45, 7) is 5.97. The van der Waals surface area contributed by atoms with E-state index in [0.29, 0.717) is 0 Å². The Morgan fingerprint density at radius 2 is 2.07 bits per heavy atom. The Bertz CT molecular complexity index is 296. The van der Waals surface area contributed by atoms with Gasteiger partial charge in [-0.05, 0) is 49.0 Å². The summed E-state index contributed by atoms with van der Waals surface area (Å²) >= 11 is 5.24. The average Bonchev–Trinajstić information content (AvgIpc) is 2.30. The number of likely N-dealkylation sites (N-methyl/N-ethyl adjacent to an activating group) is 1. The molecular formula is C10H18BrClN2S. The molecule has 0 radical (unpaired) electrons. The molecule has 0 aliphatic carbocycles. The highest BCUT2D eigenvalue weighted by Gasteiger charge is 2.14. The van der Waals surface area contributed by atoms with Crippen LogP contribution in [-0.2, 0) is 6.54 Å². The fraction of sp³-hybridized carbons (Fsp3) is 0.600. The largest absolute Gasteiger partial charge is 0.324 e. The second-order valence-corrected chi connectivity index (χ2v) is 6.91. The quantitative estimate of drug-likeness (QED) is 0.925. The number of nitrogens with two attached hydrogens (primary N) is 1. The molecule has 0 atom stereocenters. The molecule has 0 aromatic carbocycles. The lowest BCUT2D eigenvalue weighted by atomic mass is 10.1. The summed E-state index contributed by atoms with van der Waals surface area (Å²) in [6.07, 6.45) is 0. The van der Waals surface area contributed by atoms with E-state index in [2.05, 4.69) is 40.0 Å². The Hall–Kier alpha value is 0.390. The molecule has 1 heterocycles. The Kier molecular flexibility index (Phi) is 6.37. The van der Waals surface area contributed by atoms with Crippen LogP contribution in [0.2, 0.25) is 0 Å². The van der Waals surface area contributed by atoms with Crippen molar-refractivity contribution in [1.82, 2.24) is 4.90 Å². The molecule has 0 fully saturated rings. The molecule has 2 N–H and O–H groups in total. The molecule has 88 valence electrons. The second kappa shape index (κ2) is 6.21. The number of thiophene rings is 1. The third-order valence-electron chi connectivity index (χ3n) is 1.73. The molecule has 1 aromatic heterocycles. The third kappa shape index (κ3) is 6.53. The van der Waals surface area contributed by atoms with Crippen LogP contribution in [0.1, 0.15) is 18.7 Å². The van der Waals surface area contributed by atoms with Crippen molar-refractivity contribution in [3.05, 3.63) is 20.8 Å². The minimum atomic E-state index is -0.122. The van der Waals surface area contributed by atoms with Crippen LogP contribution in [0.15, 0.2) is 15.9 Å². The van der Waals surface area contributed by atoms with Crippen molar-refractivity contribution in [2.75, 3.05) is 13.6 Å². The van der Waals surface area contributed by atoms with Gasteiger partial charge in [0.05, 0.1) is 3.79 Å².